The molecule has 0 spiro atoms. The summed E-state index contributed by atoms with van der Waals surface area (Å²) in [6.07, 6.45) is 10.7. The number of benzene rings is 1. The molecule has 0 saturated heterocycles. The fourth-order valence-electron chi connectivity index (χ4n) is 6.46. The van der Waals surface area contributed by atoms with Gasteiger partial charge in [0.25, 0.3) is 0 Å². The highest BCUT2D eigenvalue weighted by molar-refractivity contribution is 5.53. The molecule has 5 aliphatic rings. The van der Waals surface area contributed by atoms with Gasteiger partial charge in [0.2, 0.25) is 5.95 Å². The van der Waals surface area contributed by atoms with Crippen LogP contribution in [0.2, 0.25) is 0 Å². The van der Waals surface area contributed by atoms with E-state index in [0.717, 1.165) is 29.4 Å². The van der Waals surface area contributed by atoms with E-state index in [1.165, 1.54) is 69.3 Å². The van der Waals surface area contributed by atoms with E-state index in [-0.39, 0.29) is 11.2 Å². The van der Waals surface area contributed by atoms with E-state index in [9.17, 15) is 4.39 Å². The van der Waals surface area contributed by atoms with Crippen LogP contribution in [0.4, 0.5) is 16.0 Å². The summed E-state index contributed by atoms with van der Waals surface area (Å²) in [4.78, 5) is 0. The molecule has 0 unspecified atom stereocenters. The lowest BCUT2D eigenvalue weighted by Gasteiger charge is -2.56. The van der Waals surface area contributed by atoms with Crippen LogP contribution in [0.25, 0.3) is 0 Å². The van der Waals surface area contributed by atoms with Gasteiger partial charge in [0, 0.05) is 17.1 Å². The van der Waals surface area contributed by atoms with Crippen LogP contribution < -0.4 is 5.32 Å². The highest BCUT2D eigenvalue weighted by Gasteiger charge is 2.54. The largest absolute Gasteiger partial charge is 0.324 e. The van der Waals surface area contributed by atoms with E-state index in [2.05, 4.69) is 15.0 Å². The van der Waals surface area contributed by atoms with E-state index in [1.54, 1.807) is 12.1 Å². The average molecular weight is 352 g/mol. The maximum absolute atomic E-state index is 13.2. The van der Waals surface area contributed by atoms with Gasteiger partial charge in [-0.15, -0.1) is 10.2 Å². The van der Waals surface area contributed by atoms with Crippen molar-refractivity contribution in [3.8, 4) is 0 Å². The molecule has 5 aliphatic carbocycles. The Morgan fingerprint density at radius 1 is 0.923 bits per heavy atom. The molecule has 7 rings (SSSR count). The van der Waals surface area contributed by atoms with Crippen LogP contribution in [0.1, 0.15) is 63.2 Å². The minimum absolute atomic E-state index is 0.214. The van der Waals surface area contributed by atoms with E-state index in [4.69, 9.17) is 5.10 Å². The summed E-state index contributed by atoms with van der Waals surface area (Å²) in [6, 6.07) is 7.05. The van der Waals surface area contributed by atoms with Gasteiger partial charge >= 0.3 is 0 Å². The SMILES string of the molecule is Fc1ccc(Nc2nnc(C34CC5CC(CC(C5)C3)C4)n2C2CC2)cc1. The van der Waals surface area contributed by atoms with Gasteiger partial charge in [-0.2, -0.15) is 0 Å². The second kappa shape index (κ2) is 5.30. The minimum Gasteiger partial charge on any atom is -0.324 e. The summed E-state index contributed by atoms with van der Waals surface area (Å²) in [5.74, 6) is 4.57. The van der Waals surface area contributed by atoms with Crippen LogP contribution in [0.15, 0.2) is 24.3 Å². The Morgan fingerprint density at radius 2 is 1.54 bits per heavy atom. The molecule has 4 bridgehead atoms. The summed E-state index contributed by atoms with van der Waals surface area (Å²) in [6.45, 7) is 0. The first-order valence-electron chi connectivity index (χ1n) is 10.2. The molecular formula is C21H25FN4. The van der Waals surface area contributed by atoms with Crippen LogP contribution in [0, 0.1) is 23.6 Å². The fourth-order valence-corrected chi connectivity index (χ4v) is 6.46. The van der Waals surface area contributed by atoms with Crippen LogP contribution in [0.3, 0.4) is 0 Å². The normalized spacial score (nSPS) is 35.0. The van der Waals surface area contributed by atoms with E-state index < -0.39 is 0 Å². The number of nitrogens with zero attached hydrogens (tertiary/aromatic N) is 3. The molecule has 0 radical (unpaired) electrons. The number of hydrogen-bond donors (Lipinski definition) is 1. The van der Waals surface area contributed by atoms with Crippen molar-refractivity contribution in [1.29, 1.82) is 0 Å². The van der Waals surface area contributed by atoms with Crippen LogP contribution in [-0.4, -0.2) is 14.8 Å². The summed E-state index contributed by atoms with van der Waals surface area (Å²) in [7, 11) is 0. The second-order valence-electron chi connectivity index (χ2n) is 9.28. The van der Waals surface area contributed by atoms with Crippen LogP contribution >= 0.6 is 0 Å². The molecule has 0 amide bonds. The summed E-state index contributed by atoms with van der Waals surface area (Å²) < 4.78 is 15.6. The fraction of sp³-hybridized carbons (Fsp3) is 0.619. The van der Waals surface area contributed by atoms with Crippen molar-refractivity contribution in [3.05, 3.63) is 35.9 Å². The molecule has 1 N–H and O–H groups in total. The summed E-state index contributed by atoms with van der Waals surface area (Å²) in [5.41, 5.74) is 1.13. The predicted octanol–water partition coefficient (Wildman–Crippen LogP) is 4.96. The second-order valence-corrected chi connectivity index (χ2v) is 9.28. The highest BCUT2D eigenvalue weighted by Crippen LogP contribution is 2.61. The van der Waals surface area contributed by atoms with E-state index in [1.807, 2.05) is 0 Å². The minimum atomic E-state index is -0.214. The zero-order chi connectivity index (χ0) is 17.3. The topological polar surface area (TPSA) is 42.7 Å². The Kier molecular flexibility index (Phi) is 3.10. The Hall–Kier alpha value is -1.91. The molecule has 5 fully saturated rings. The number of anilines is 2. The van der Waals surface area contributed by atoms with Crippen molar-refractivity contribution in [2.24, 2.45) is 17.8 Å². The summed E-state index contributed by atoms with van der Waals surface area (Å²) in [5, 5.41) is 12.7. The number of nitrogens with one attached hydrogen (secondary N) is 1. The first-order valence-corrected chi connectivity index (χ1v) is 10.2. The lowest BCUT2D eigenvalue weighted by Crippen LogP contribution is -2.49. The Balaban J connectivity index is 1.38. The number of hydrogen-bond acceptors (Lipinski definition) is 3. The van der Waals surface area contributed by atoms with Gasteiger partial charge in [-0.3, -0.25) is 4.57 Å². The first kappa shape index (κ1) is 15.2. The lowest BCUT2D eigenvalue weighted by atomic mass is 9.49. The van der Waals surface area contributed by atoms with Crippen LogP contribution in [0.5, 0.6) is 0 Å². The first-order chi connectivity index (χ1) is 12.7. The van der Waals surface area contributed by atoms with Crippen molar-refractivity contribution in [2.45, 2.75) is 62.8 Å². The third kappa shape index (κ3) is 2.32. The Labute approximate surface area is 153 Å². The van der Waals surface area contributed by atoms with Gasteiger partial charge < -0.3 is 5.32 Å². The van der Waals surface area contributed by atoms with Crippen molar-refractivity contribution < 1.29 is 4.39 Å². The number of rotatable bonds is 4. The maximum Gasteiger partial charge on any atom is 0.229 e. The molecule has 0 aliphatic heterocycles. The van der Waals surface area contributed by atoms with Gasteiger partial charge in [-0.25, -0.2) is 4.39 Å². The molecule has 5 saturated carbocycles. The average Bonchev–Trinajstić information content (AvgIpc) is 3.36. The zero-order valence-electron chi connectivity index (χ0n) is 15.0. The Bertz CT molecular complexity index is 801. The molecule has 1 aromatic carbocycles. The predicted molar refractivity (Wildman–Crippen MR) is 97.8 cm³/mol. The van der Waals surface area contributed by atoms with Gasteiger partial charge in [-0.1, -0.05) is 0 Å². The van der Waals surface area contributed by atoms with E-state index in [0.29, 0.717) is 6.04 Å². The Morgan fingerprint density at radius 3 is 2.12 bits per heavy atom. The zero-order valence-corrected chi connectivity index (χ0v) is 15.0. The molecule has 26 heavy (non-hydrogen) atoms. The number of halogens is 1. The van der Waals surface area contributed by atoms with E-state index >= 15 is 0 Å². The highest BCUT2D eigenvalue weighted by atomic mass is 19.1. The van der Waals surface area contributed by atoms with Gasteiger partial charge in [0.1, 0.15) is 11.6 Å². The molecular weight excluding hydrogens is 327 g/mol. The third-order valence-corrected chi connectivity index (χ3v) is 7.22. The molecule has 0 atom stereocenters. The van der Waals surface area contributed by atoms with Crippen molar-refractivity contribution in [1.82, 2.24) is 14.8 Å². The number of aromatic nitrogens is 3. The van der Waals surface area contributed by atoms with Crippen molar-refractivity contribution >= 4 is 11.6 Å². The molecule has 4 nitrogen and oxygen atoms in total. The summed E-state index contributed by atoms with van der Waals surface area (Å²) >= 11 is 0. The third-order valence-electron chi connectivity index (χ3n) is 7.22. The monoisotopic (exact) mass is 352 g/mol. The standard InChI is InChI=1S/C21H25FN4/c22-16-1-3-17(4-2-16)23-20-25-24-19(26(20)18-5-6-18)21-10-13-7-14(11-21)9-15(8-13)12-21/h1-4,13-15,18H,5-12H2,(H,23,25). The maximum atomic E-state index is 13.2. The molecule has 1 aromatic heterocycles. The smallest absolute Gasteiger partial charge is 0.229 e. The molecule has 1 heterocycles. The van der Waals surface area contributed by atoms with Gasteiger partial charge in [0.05, 0.1) is 0 Å². The van der Waals surface area contributed by atoms with Crippen LogP contribution in [-0.2, 0) is 5.41 Å². The molecule has 5 heteroatoms. The van der Waals surface area contributed by atoms with Gasteiger partial charge in [-0.05, 0) is 93.4 Å². The lowest BCUT2D eigenvalue weighted by molar-refractivity contribution is -0.0111. The van der Waals surface area contributed by atoms with Crippen molar-refractivity contribution in [3.63, 3.8) is 0 Å². The van der Waals surface area contributed by atoms with Gasteiger partial charge in [0.15, 0.2) is 0 Å². The molecule has 136 valence electrons. The van der Waals surface area contributed by atoms with Crippen molar-refractivity contribution in [2.75, 3.05) is 5.32 Å². The molecule has 2 aromatic rings. The quantitative estimate of drug-likeness (QED) is 0.845.